The summed E-state index contributed by atoms with van der Waals surface area (Å²) in [7, 11) is -5.29. The van der Waals surface area contributed by atoms with Gasteiger partial charge in [-0.3, -0.25) is 9.44 Å². The molecule has 164 valence electrons. The molecule has 1 aromatic heterocycles. The summed E-state index contributed by atoms with van der Waals surface area (Å²) in [5.74, 6) is 0.0427. The molecule has 2 aromatic carbocycles. The fourth-order valence-corrected chi connectivity index (χ4v) is 4.99. The number of aromatic nitrogens is 2. The molecule has 0 amide bonds. The van der Waals surface area contributed by atoms with Crippen LogP contribution in [0.3, 0.4) is 0 Å². The van der Waals surface area contributed by atoms with E-state index in [-0.39, 0.29) is 38.2 Å². The molecule has 0 saturated carbocycles. The summed E-state index contributed by atoms with van der Waals surface area (Å²) in [6.07, 6.45) is 0. The van der Waals surface area contributed by atoms with Crippen molar-refractivity contribution in [3.05, 3.63) is 59.6 Å². The van der Waals surface area contributed by atoms with Crippen molar-refractivity contribution in [2.24, 2.45) is 0 Å². The summed E-state index contributed by atoms with van der Waals surface area (Å²) in [6.45, 7) is 0. The zero-order chi connectivity index (χ0) is 22.6. The average Bonchev–Trinajstić information content (AvgIpc) is 2.73. The number of hydrogen-bond acceptors (Lipinski definition) is 8. The monoisotopic (exact) mass is 484 g/mol. The molecule has 0 spiro atoms. The molecule has 3 rings (SSSR count). The summed E-state index contributed by atoms with van der Waals surface area (Å²) in [5, 5.41) is 0.0640. The average molecular weight is 485 g/mol. The van der Waals surface area contributed by atoms with Gasteiger partial charge in [0.1, 0.15) is 4.90 Å². The van der Waals surface area contributed by atoms with Crippen LogP contribution in [-0.2, 0) is 20.0 Å². The molecule has 0 aliphatic carbocycles. The van der Waals surface area contributed by atoms with E-state index in [9.17, 15) is 16.8 Å². The van der Waals surface area contributed by atoms with E-state index in [0.717, 1.165) is 0 Å². The molecule has 0 aliphatic rings. The molecule has 0 aliphatic heterocycles. The Hall–Kier alpha value is -3.09. The molecule has 3 aromatic rings. The second-order valence-corrected chi connectivity index (χ2v) is 9.69. The Morgan fingerprint density at radius 2 is 1.52 bits per heavy atom. The van der Waals surface area contributed by atoms with Crippen LogP contribution in [-0.4, -0.2) is 41.0 Å². The van der Waals surface area contributed by atoms with Crippen molar-refractivity contribution in [2.75, 3.05) is 23.7 Å². The Labute approximate surface area is 184 Å². The summed E-state index contributed by atoms with van der Waals surface area (Å²) >= 11 is 5.95. The fourth-order valence-electron chi connectivity index (χ4n) is 2.42. The summed E-state index contributed by atoms with van der Waals surface area (Å²) in [4.78, 5) is 7.58. The van der Waals surface area contributed by atoms with Gasteiger partial charge in [-0.05, 0) is 36.4 Å². The van der Waals surface area contributed by atoms with Crippen LogP contribution < -0.4 is 18.9 Å². The Morgan fingerprint density at radius 1 is 0.839 bits per heavy atom. The van der Waals surface area contributed by atoms with E-state index in [2.05, 4.69) is 19.4 Å². The number of sulfonamides is 2. The van der Waals surface area contributed by atoms with Crippen molar-refractivity contribution in [1.82, 2.24) is 9.97 Å². The molecule has 0 fully saturated rings. The first-order chi connectivity index (χ1) is 14.6. The van der Waals surface area contributed by atoms with Gasteiger partial charge in [0.25, 0.3) is 20.0 Å². The molecule has 13 heteroatoms. The first-order valence-corrected chi connectivity index (χ1v) is 11.9. The number of methoxy groups -OCH3 is 2. The second-order valence-electron chi connectivity index (χ2n) is 5.95. The normalized spacial score (nSPS) is 11.6. The van der Waals surface area contributed by atoms with Gasteiger partial charge in [-0.1, -0.05) is 23.7 Å². The smallest absolute Gasteiger partial charge is 0.321 e. The summed E-state index contributed by atoms with van der Waals surface area (Å²) < 4.78 is 64.9. The fraction of sp³-hybridized carbons (Fsp3) is 0.111. The van der Waals surface area contributed by atoms with Gasteiger partial charge in [-0.2, -0.15) is 9.97 Å². The van der Waals surface area contributed by atoms with Crippen LogP contribution in [0, 0.1) is 0 Å². The van der Waals surface area contributed by atoms with Crippen LogP contribution in [0.2, 0.25) is 5.02 Å². The second kappa shape index (κ2) is 8.96. The van der Waals surface area contributed by atoms with Crippen LogP contribution in [0.15, 0.2) is 64.4 Å². The Morgan fingerprint density at radius 3 is 2.13 bits per heavy atom. The molecule has 10 nitrogen and oxygen atoms in total. The third kappa shape index (κ3) is 5.34. The molecule has 2 N–H and O–H groups in total. The zero-order valence-corrected chi connectivity index (χ0v) is 18.6. The molecule has 0 saturated heterocycles. The SMILES string of the molecule is COc1cc(NS(=O)(=O)c2ccc(NS(=O)(=O)c3ccccc3Cl)cc2)nc(OC)n1. The number of nitrogens with one attached hydrogen (secondary N) is 2. The number of benzene rings is 2. The van der Waals surface area contributed by atoms with E-state index < -0.39 is 20.0 Å². The predicted molar refractivity (Wildman–Crippen MR) is 115 cm³/mol. The highest BCUT2D eigenvalue weighted by molar-refractivity contribution is 7.93. The minimum Gasteiger partial charge on any atom is -0.481 e. The highest BCUT2D eigenvalue weighted by Gasteiger charge is 2.20. The largest absolute Gasteiger partial charge is 0.481 e. The highest BCUT2D eigenvalue weighted by atomic mass is 35.5. The standard InChI is InChI=1S/C18H17ClN4O6S2/c1-28-17-11-16(20-18(21-17)29-2)23-30(24,25)13-9-7-12(8-10-13)22-31(26,27)15-6-4-3-5-14(15)19/h3-11,22H,1-2H3,(H,20,21,23). The van der Waals surface area contributed by atoms with Crippen molar-refractivity contribution in [3.63, 3.8) is 0 Å². The number of anilines is 2. The lowest BCUT2D eigenvalue weighted by molar-refractivity contribution is 0.353. The Bertz CT molecular complexity index is 1280. The molecule has 0 radical (unpaired) electrons. The Balaban J connectivity index is 1.81. The van der Waals surface area contributed by atoms with Crippen LogP contribution in [0.25, 0.3) is 0 Å². The van der Waals surface area contributed by atoms with E-state index >= 15 is 0 Å². The van der Waals surface area contributed by atoms with E-state index in [1.165, 1.54) is 56.7 Å². The van der Waals surface area contributed by atoms with Gasteiger partial charge >= 0.3 is 6.01 Å². The van der Waals surface area contributed by atoms with Crippen molar-refractivity contribution >= 4 is 43.2 Å². The van der Waals surface area contributed by atoms with Gasteiger partial charge < -0.3 is 9.47 Å². The molecule has 0 atom stereocenters. The van der Waals surface area contributed by atoms with Gasteiger partial charge in [0.15, 0.2) is 5.82 Å². The predicted octanol–water partition coefficient (Wildman–Crippen LogP) is 2.75. The van der Waals surface area contributed by atoms with Crippen molar-refractivity contribution in [3.8, 4) is 11.9 Å². The van der Waals surface area contributed by atoms with Crippen molar-refractivity contribution in [1.29, 1.82) is 0 Å². The van der Waals surface area contributed by atoms with E-state index in [1.54, 1.807) is 12.1 Å². The number of halogens is 1. The third-order valence-corrected chi connectivity index (χ3v) is 7.11. The van der Waals surface area contributed by atoms with Crippen molar-refractivity contribution in [2.45, 2.75) is 9.79 Å². The maximum absolute atomic E-state index is 12.7. The third-order valence-electron chi connectivity index (χ3n) is 3.86. The minimum atomic E-state index is -4.03. The molecular formula is C18H17ClN4O6S2. The molecule has 0 bridgehead atoms. The first kappa shape index (κ1) is 22.6. The number of rotatable bonds is 8. The minimum absolute atomic E-state index is 0.0628. The quantitative estimate of drug-likeness (QED) is 0.498. The van der Waals surface area contributed by atoms with E-state index in [1.807, 2.05) is 0 Å². The molecule has 31 heavy (non-hydrogen) atoms. The van der Waals surface area contributed by atoms with Crippen LogP contribution >= 0.6 is 11.6 Å². The Kier molecular flexibility index (Phi) is 6.53. The lowest BCUT2D eigenvalue weighted by Crippen LogP contribution is -2.15. The molecule has 0 unspecified atom stereocenters. The first-order valence-electron chi connectivity index (χ1n) is 8.52. The molecule has 1 heterocycles. The van der Waals surface area contributed by atoms with Gasteiger partial charge in [-0.15, -0.1) is 0 Å². The van der Waals surface area contributed by atoms with Crippen LogP contribution in [0.5, 0.6) is 11.9 Å². The highest BCUT2D eigenvalue weighted by Crippen LogP contribution is 2.25. The van der Waals surface area contributed by atoms with Crippen LogP contribution in [0.1, 0.15) is 0 Å². The zero-order valence-electron chi connectivity index (χ0n) is 16.2. The lowest BCUT2D eigenvalue weighted by Gasteiger charge is -2.11. The maximum Gasteiger partial charge on any atom is 0.321 e. The van der Waals surface area contributed by atoms with Gasteiger partial charge in [0, 0.05) is 11.8 Å². The lowest BCUT2D eigenvalue weighted by atomic mass is 10.3. The van der Waals surface area contributed by atoms with Gasteiger partial charge in [0.05, 0.1) is 24.1 Å². The number of nitrogens with zero attached hydrogens (tertiary/aromatic N) is 2. The number of hydrogen-bond donors (Lipinski definition) is 2. The molecular weight excluding hydrogens is 468 g/mol. The van der Waals surface area contributed by atoms with Crippen molar-refractivity contribution < 1.29 is 26.3 Å². The number of ether oxygens (including phenoxy) is 2. The topological polar surface area (TPSA) is 137 Å². The summed E-state index contributed by atoms with van der Waals surface area (Å²) in [5.41, 5.74) is 0.157. The summed E-state index contributed by atoms with van der Waals surface area (Å²) in [6, 6.07) is 12.3. The van der Waals surface area contributed by atoms with Crippen LogP contribution in [0.4, 0.5) is 11.5 Å². The van der Waals surface area contributed by atoms with E-state index in [0.29, 0.717) is 0 Å². The van der Waals surface area contributed by atoms with Gasteiger partial charge in [-0.25, -0.2) is 16.8 Å². The maximum atomic E-state index is 12.7. The van der Waals surface area contributed by atoms with E-state index in [4.69, 9.17) is 21.1 Å². The van der Waals surface area contributed by atoms with Gasteiger partial charge in [0.2, 0.25) is 5.88 Å².